The minimum atomic E-state index is -4.77. The smallest absolute Gasteiger partial charge is 0.406 e. The third-order valence-electron chi connectivity index (χ3n) is 6.89. The first-order chi connectivity index (χ1) is 18.9. The molecule has 2 aromatic heterocycles. The van der Waals surface area contributed by atoms with Gasteiger partial charge in [0.2, 0.25) is 0 Å². The van der Waals surface area contributed by atoms with Crippen molar-refractivity contribution in [2.45, 2.75) is 18.7 Å². The molecule has 1 atom stereocenters. The third-order valence-corrected chi connectivity index (χ3v) is 6.89. The van der Waals surface area contributed by atoms with E-state index in [1.807, 2.05) is 64.2 Å². The first-order valence-corrected chi connectivity index (χ1v) is 12.5. The van der Waals surface area contributed by atoms with Gasteiger partial charge in [-0.25, -0.2) is 4.98 Å². The monoisotopic (exact) mass is 528 g/mol. The summed E-state index contributed by atoms with van der Waals surface area (Å²) in [6, 6.07) is 24.5. The SMILES string of the molecule is O=C(c1ccc2c(c1)nc(-c1ccccc1)n2-c1ccc(OC(F)(F)F)cc1)N1CCC(c2cccnc2)C1. The van der Waals surface area contributed by atoms with E-state index in [9.17, 15) is 18.0 Å². The minimum absolute atomic E-state index is 0.0623. The lowest BCUT2D eigenvalue weighted by Crippen LogP contribution is -2.28. The average Bonchev–Trinajstić information content (AvgIpc) is 3.59. The summed E-state index contributed by atoms with van der Waals surface area (Å²) in [7, 11) is 0. The van der Waals surface area contributed by atoms with Crippen LogP contribution >= 0.6 is 0 Å². The van der Waals surface area contributed by atoms with E-state index in [-0.39, 0.29) is 17.6 Å². The number of halogens is 3. The largest absolute Gasteiger partial charge is 0.573 e. The zero-order valence-corrected chi connectivity index (χ0v) is 20.7. The number of carbonyl (C=O) groups excluding carboxylic acids is 1. The van der Waals surface area contributed by atoms with Gasteiger partial charge in [0.15, 0.2) is 0 Å². The minimum Gasteiger partial charge on any atom is -0.406 e. The number of alkyl halides is 3. The van der Waals surface area contributed by atoms with Gasteiger partial charge in [-0.2, -0.15) is 0 Å². The number of amides is 1. The molecule has 0 saturated carbocycles. The summed E-state index contributed by atoms with van der Waals surface area (Å²) < 4.78 is 43.9. The van der Waals surface area contributed by atoms with Crippen LogP contribution in [0, 0.1) is 0 Å². The number of rotatable bonds is 5. The molecular weight excluding hydrogens is 505 g/mol. The van der Waals surface area contributed by atoms with E-state index in [4.69, 9.17) is 4.98 Å². The van der Waals surface area contributed by atoms with E-state index in [0.717, 1.165) is 23.1 Å². The molecule has 1 aliphatic heterocycles. The van der Waals surface area contributed by atoms with Gasteiger partial charge < -0.3 is 9.64 Å². The summed E-state index contributed by atoms with van der Waals surface area (Å²) in [5.74, 6) is 0.491. The highest BCUT2D eigenvalue weighted by atomic mass is 19.4. The first-order valence-electron chi connectivity index (χ1n) is 12.5. The number of benzene rings is 3. The molecule has 3 aromatic carbocycles. The highest BCUT2D eigenvalue weighted by Gasteiger charge is 2.31. The summed E-state index contributed by atoms with van der Waals surface area (Å²) in [5.41, 5.74) is 4.44. The highest BCUT2D eigenvalue weighted by Crippen LogP contribution is 2.32. The Labute approximate surface area is 222 Å². The van der Waals surface area contributed by atoms with Gasteiger partial charge >= 0.3 is 6.36 Å². The number of fused-ring (bicyclic) bond motifs is 1. The van der Waals surface area contributed by atoms with Gasteiger partial charge in [-0.3, -0.25) is 14.3 Å². The molecule has 1 fully saturated rings. The van der Waals surface area contributed by atoms with Crippen LogP contribution in [0.2, 0.25) is 0 Å². The Morgan fingerprint density at radius 3 is 2.46 bits per heavy atom. The number of hydrogen-bond acceptors (Lipinski definition) is 4. The number of nitrogens with zero attached hydrogens (tertiary/aromatic N) is 4. The Morgan fingerprint density at radius 1 is 0.949 bits per heavy atom. The Hall–Kier alpha value is -4.66. The van der Waals surface area contributed by atoms with Crippen molar-refractivity contribution in [2.24, 2.45) is 0 Å². The van der Waals surface area contributed by atoms with Crippen LogP contribution in [0.15, 0.2) is 97.3 Å². The molecule has 6 rings (SSSR count). The van der Waals surface area contributed by atoms with Gasteiger partial charge in [0.25, 0.3) is 5.91 Å². The van der Waals surface area contributed by atoms with Crippen LogP contribution in [0.3, 0.4) is 0 Å². The van der Waals surface area contributed by atoms with Crippen molar-refractivity contribution in [1.29, 1.82) is 0 Å². The second-order valence-corrected chi connectivity index (χ2v) is 9.41. The predicted molar refractivity (Wildman–Crippen MR) is 141 cm³/mol. The topological polar surface area (TPSA) is 60.3 Å². The lowest BCUT2D eigenvalue weighted by molar-refractivity contribution is -0.274. The van der Waals surface area contributed by atoms with Crippen molar-refractivity contribution < 1.29 is 22.7 Å². The average molecular weight is 529 g/mol. The van der Waals surface area contributed by atoms with Gasteiger partial charge in [-0.15, -0.1) is 13.2 Å². The van der Waals surface area contributed by atoms with E-state index >= 15 is 0 Å². The molecule has 0 spiro atoms. The Balaban J connectivity index is 1.35. The van der Waals surface area contributed by atoms with E-state index in [1.54, 1.807) is 30.5 Å². The van der Waals surface area contributed by atoms with Gasteiger partial charge in [0, 0.05) is 48.2 Å². The number of aromatic nitrogens is 3. The normalized spacial score (nSPS) is 15.6. The second-order valence-electron chi connectivity index (χ2n) is 9.41. The van der Waals surface area contributed by atoms with Gasteiger partial charge in [0.05, 0.1) is 11.0 Å². The number of pyridine rings is 1. The lowest BCUT2D eigenvalue weighted by atomic mass is 10.0. The molecule has 196 valence electrons. The van der Waals surface area contributed by atoms with Crippen molar-refractivity contribution >= 4 is 16.9 Å². The van der Waals surface area contributed by atoms with Crippen LogP contribution in [0.1, 0.15) is 28.3 Å². The number of likely N-dealkylation sites (tertiary alicyclic amines) is 1. The van der Waals surface area contributed by atoms with E-state index < -0.39 is 6.36 Å². The molecular formula is C30H23F3N4O2. The van der Waals surface area contributed by atoms with Crippen LogP contribution in [-0.2, 0) is 0 Å². The van der Waals surface area contributed by atoms with Gasteiger partial charge in [-0.1, -0.05) is 36.4 Å². The molecule has 1 unspecified atom stereocenters. The molecule has 0 aliphatic carbocycles. The molecule has 6 nitrogen and oxygen atoms in total. The lowest BCUT2D eigenvalue weighted by Gasteiger charge is -2.17. The Kier molecular flexibility index (Phi) is 6.26. The van der Waals surface area contributed by atoms with Crippen LogP contribution in [0.25, 0.3) is 28.1 Å². The summed E-state index contributed by atoms with van der Waals surface area (Å²) in [4.78, 5) is 24.3. The Morgan fingerprint density at radius 2 is 1.74 bits per heavy atom. The molecule has 1 amide bonds. The predicted octanol–water partition coefficient (Wildman–Crippen LogP) is 6.62. The molecule has 1 saturated heterocycles. The molecule has 5 aromatic rings. The highest BCUT2D eigenvalue weighted by molar-refractivity contribution is 5.98. The maximum absolute atomic E-state index is 13.4. The van der Waals surface area contributed by atoms with Crippen LogP contribution in [0.4, 0.5) is 13.2 Å². The summed E-state index contributed by atoms with van der Waals surface area (Å²) in [6.07, 6.45) is -0.302. The van der Waals surface area contributed by atoms with Gasteiger partial charge in [0.1, 0.15) is 11.6 Å². The fourth-order valence-corrected chi connectivity index (χ4v) is 5.07. The standard InChI is InChI=1S/C30H23F3N4O2/c31-30(32,33)39-25-11-9-24(10-12-25)37-27-13-8-21(17-26(27)35-28(37)20-5-2-1-3-6-20)29(38)36-16-14-23(19-36)22-7-4-15-34-18-22/h1-13,15,17-18,23H,14,16,19H2. The maximum Gasteiger partial charge on any atom is 0.573 e. The van der Waals surface area contributed by atoms with Gasteiger partial charge in [-0.05, 0) is 60.5 Å². The Bertz CT molecular complexity index is 1620. The molecule has 1 aliphatic rings. The molecule has 3 heterocycles. The maximum atomic E-state index is 13.4. The molecule has 9 heteroatoms. The zero-order chi connectivity index (χ0) is 27.0. The number of ether oxygens (including phenoxy) is 1. The van der Waals surface area contributed by atoms with Crippen molar-refractivity contribution in [3.63, 3.8) is 0 Å². The van der Waals surface area contributed by atoms with Crippen molar-refractivity contribution in [3.8, 4) is 22.8 Å². The third kappa shape index (κ3) is 5.07. The van der Waals surface area contributed by atoms with E-state index in [0.29, 0.717) is 35.7 Å². The molecule has 0 radical (unpaired) electrons. The fourth-order valence-electron chi connectivity index (χ4n) is 5.07. The quantitative estimate of drug-likeness (QED) is 0.257. The van der Waals surface area contributed by atoms with Crippen LogP contribution < -0.4 is 4.74 Å². The van der Waals surface area contributed by atoms with E-state index in [1.165, 1.54) is 12.1 Å². The van der Waals surface area contributed by atoms with E-state index in [2.05, 4.69) is 9.72 Å². The zero-order valence-electron chi connectivity index (χ0n) is 20.7. The molecule has 39 heavy (non-hydrogen) atoms. The van der Waals surface area contributed by atoms with Crippen molar-refractivity contribution in [3.05, 3.63) is 108 Å². The second kappa shape index (κ2) is 9.90. The van der Waals surface area contributed by atoms with Crippen LogP contribution in [0.5, 0.6) is 5.75 Å². The first kappa shape index (κ1) is 24.7. The fraction of sp³-hybridized carbons (Fsp3) is 0.167. The number of hydrogen-bond donors (Lipinski definition) is 0. The van der Waals surface area contributed by atoms with Crippen LogP contribution in [-0.4, -0.2) is 44.8 Å². The number of carbonyl (C=O) groups is 1. The summed E-state index contributed by atoms with van der Waals surface area (Å²) in [5, 5.41) is 0. The van der Waals surface area contributed by atoms with Crippen molar-refractivity contribution in [1.82, 2.24) is 19.4 Å². The number of imidazole rings is 1. The van der Waals surface area contributed by atoms with Crippen molar-refractivity contribution in [2.75, 3.05) is 13.1 Å². The molecule has 0 N–H and O–H groups in total. The summed E-state index contributed by atoms with van der Waals surface area (Å²) in [6.45, 7) is 1.28. The summed E-state index contributed by atoms with van der Waals surface area (Å²) >= 11 is 0. The molecule has 0 bridgehead atoms.